The third-order valence-corrected chi connectivity index (χ3v) is 5.27. The molecular formula is C19H23N5O2. The number of carbonyl (C=O) groups is 1. The Morgan fingerprint density at radius 2 is 1.88 bits per heavy atom. The SMILES string of the molecule is Cn1cccc(C(=O)N2CCC(N(c3ccncn3)C3CC3)CC2)c1=O. The topological polar surface area (TPSA) is 71.3 Å². The van der Waals surface area contributed by atoms with E-state index in [4.69, 9.17) is 0 Å². The molecule has 1 saturated heterocycles. The molecule has 0 N–H and O–H groups in total. The van der Waals surface area contributed by atoms with Crippen LogP contribution in [-0.4, -0.2) is 50.5 Å². The molecule has 136 valence electrons. The molecule has 1 aliphatic heterocycles. The van der Waals surface area contributed by atoms with Crippen molar-refractivity contribution in [2.24, 2.45) is 7.05 Å². The van der Waals surface area contributed by atoms with Crippen LogP contribution in [0.15, 0.2) is 41.7 Å². The van der Waals surface area contributed by atoms with Crippen LogP contribution in [0, 0.1) is 0 Å². The molecule has 4 rings (SSSR count). The number of aryl methyl sites for hydroxylation is 1. The zero-order valence-corrected chi connectivity index (χ0v) is 14.9. The molecule has 0 aromatic carbocycles. The predicted molar refractivity (Wildman–Crippen MR) is 98.1 cm³/mol. The van der Waals surface area contributed by atoms with E-state index in [1.807, 2.05) is 6.07 Å². The van der Waals surface area contributed by atoms with Crippen LogP contribution >= 0.6 is 0 Å². The first-order chi connectivity index (χ1) is 12.6. The van der Waals surface area contributed by atoms with E-state index in [0.717, 1.165) is 18.7 Å². The minimum Gasteiger partial charge on any atom is -0.350 e. The quantitative estimate of drug-likeness (QED) is 0.832. The molecule has 0 radical (unpaired) electrons. The highest BCUT2D eigenvalue weighted by atomic mass is 16.2. The zero-order valence-electron chi connectivity index (χ0n) is 14.9. The minimum atomic E-state index is -0.236. The lowest BCUT2D eigenvalue weighted by molar-refractivity contribution is 0.0709. The summed E-state index contributed by atoms with van der Waals surface area (Å²) in [6.45, 7) is 1.33. The fourth-order valence-electron chi connectivity index (χ4n) is 3.74. The Balaban J connectivity index is 1.46. The molecule has 0 bridgehead atoms. The van der Waals surface area contributed by atoms with E-state index in [-0.39, 0.29) is 17.0 Å². The van der Waals surface area contributed by atoms with Gasteiger partial charge in [-0.15, -0.1) is 0 Å². The Kier molecular flexibility index (Phi) is 4.44. The standard InChI is InChI=1S/C19H23N5O2/c1-22-10-2-3-16(18(22)25)19(26)23-11-7-15(8-12-23)24(14-4-5-14)17-6-9-20-13-21-17/h2-3,6,9-10,13-15H,4-5,7-8,11-12H2,1H3. The van der Waals surface area contributed by atoms with Gasteiger partial charge in [0, 0.05) is 44.6 Å². The molecule has 1 saturated carbocycles. The smallest absolute Gasteiger partial charge is 0.263 e. The van der Waals surface area contributed by atoms with Gasteiger partial charge >= 0.3 is 0 Å². The number of hydrogen-bond acceptors (Lipinski definition) is 5. The summed E-state index contributed by atoms with van der Waals surface area (Å²) in [6.07, 6.45) is 9.21. The predicted octanol–water partition coefficient (Wildman–Crippen LogP) is 1.45. The highest BCUT2D eigenvalue weighted by Gasteiger charge is 2.37. The number of nitrogens with zero attached hydrogens (tertiary/aromatic N) is 5. The van der Waals surface area contributed by atoms with E-state index in [2.05, 4.69) is 14.9 Å². The van der Waals surface area contributed by atoms with Gasteiger partial charge in [-0.25, -0.2) is 9.97 Å². The van der Waals surface area contributed by atoms with E-state index in [9.17, 15) is 9.59 Å². The van der Waals surface area contributed by atoms with Crippen molar-refractivity contribution in [3.63, 3.8) is 0 Å². The summed E-state index contributed by atoms with van der Waals surface area (Å²) in [5.74, 6) is 0.814. The monoisotopic (exact) mass is 353 g/mol. The fraction of sp³-hybridized carbons (Fsp3) is 0.474. The van der Waals surface area contributed by atoms with E-state index in [1.165, 1.54) is 17.4 Å². The summed E-state index contributed by atoms with van der Waals surface area (Å²) in [7, 11) is 1.67. The van der Waals surface area contributed by atoms with Crippen molar-refractivity contribution < 1.29 is 4.79 Å². The van der Waals surface area contributed by atoms with Crippen LogP contribution in [0.1, 0.15) is 36.0 Å². The van der Waals surface area contributed by atoms with E-state index < -0.39 is 0 Å². The molecule has 0 spiro atoms. The minimum absolute atomic E-state index is 0.162. The lowest BCUT2D eigenvalue weighted by Crippen LogP contribution is -2.48. The number of carbonyl (C=O) groups excluding carboxylic acids is 1. The number of piperidine rings is 1. The second-order valence-corrected chi connectivity index (χ2v) is 7.07. The van der Waals surface area contributed by atoms with Crippen molar-refractivity contribution in [2.75, 3.05) is 18.0 Å². The van der Waals surface area contributed by atoms with Gasteiger partial charge in [-0.2, -0.15) is 0 Å². The Morgan fingerprint density at radius 3 is 2.54 bits per heavy atom. The molecule has 1 amide bonds. The molecule has 0 unspecified atom stereocenters. The van der Waals surface area contributed by atoms with Crippen molar-refractivity contribution in [3.8, 4) is 0 Å². The number of pyridine rings is 1. The highest BCUT2D eigenvalue weighted by molar-refractivity contribution is 5.93. The first-order valence-corrected chi connectivity index (χ1v) is 9.14. The molecule has 2 fully saturated rings. The molecule has 0 atom stereocenters. The molecule has 26 heavy (non-hydrogen) atoms. The van der Waals surface area contributed by atoms with E-state index in [0.29, 0.717) is 25.2 Å². The van der Waals surface area contributed by atoms with Gasteiger partial charge in [0.15, 0.2) is 0 Å². The average molecular weight is 353 g/mol. The van der Waals surface area contributed by atoms with Crippen LogP contribution in [0.3, 0.4) is 0 Å². The molecule has 1 aliphatic carbocycles. The largest absolute Gasteiger partial charge is 0.350 e. The van der Waals surface area contributed by atoms with Crippen LogP contribution in [0.4, 0.5) is 5.82 Å². The van der Waals surface area contributed by atoms with Gasteiger partial charge in [-0.1, -0.05) is 0 Å². The summed E-state index contributed by atoms with van der Waals surface area (Å²) < 4.78 is 1.45. The maximum absolute atomic E-state index is 12.7. The number of aromatic nitrogens is 3. The first-order valence-electron chi connectivity index (χ1n) is 9.14. The van der Waals surface area contributed by atoms with Crippen LogP contribution < -0.4 is 10.5 Å². The Labute approximate surface area is 152 Å². The number of rotatable bonds is 4. The zero-order chi connectivity index (χ0) is 18.1. The van der Waals surface area contributed by atoms with Crippen LogP contribution in [0.2, 0.25) is 0 Å². The second kappa shape index (κ2) is 6.90. The highest BCUT2D eigenvalue weighted by Crippen LogP contribution is 2.35. The first kappa shape index (κ1) is 16.8. The molecular weight excluding hydrogens is 330 g/mol. The van der Waals surface area contributed by atoms with Crippen LogP contribution in [-0.2, 0) is 7.05 Å². The Morgan fingerprint density at radius 1 is 1.15 bits per heavy atom. The van der Waals surface area contributed by atoms with Gasteiger partial charge in [0.05, 0.1) is 0 Å². The third kappa shape index (κ3) is 3.21. The van der Waals surface area contributed by atoms with Crippen LogP contribution in [0.25, 0.3) is 0 Å². The fourth-order valence-corrected chi connectivity index (χ4v) is 3.74. The summed E-state index contributed by atoms with van der Waals surface area (Å²) in [5.41, 5.74) is 0.0171. The van der Waals surface area contributed by atoms with Gasteiger partial charge in [0.1, 0.15) is 17.7 Å². The second-order valence-electron chi connectivity index (χ2n) is 7.07. The van der Waals surface area contributed by atoms with Gasteiger partial charge < -0.3 is 14.4 Å². The number of anilines is 1. The summed E-state index contributed by atoms with van der Waals surface area (Å²) in [6, 6.07) is 6.25. The summed E-state index contributed by atoms with van der Waals surface area (Å²) in [4.78, 5) is 37.6. The maximum atomic E-state index is 12.7. The average Bonchev–Trinajstić information content (AvgIpc) is 3.50. The number of amides is 1. The van der Waals surface area contributed by atoms with Crippen molar-refractivity contribution in [2.45, 2.75) is 37.8 Å². The van der Waals surface area contributed by atoms with E-state index >= 15 is 0 Å². The van der Waals surface area contributed by atoms with Gasteiger partial charge in [0.2, 0.25) is 0 Å². The van der Waals surface area contributed by atoms with Gasteiger partial charge in [0.25, 0.3) is 11.5 Å². The van der Waals surface area contributed by atoms with Crippen molar-refractivity contribution >= 4 is 11.7 Å². The maximum Gasteiger partial charge on any atom is 0.263 e. The third-order valence-electron chi connectivity index (χ3n) is 5.27. The van der Waals surface area contributed by atoms with E-state index in [1.54, 1.807) is 42.8 Å². The molecule has 2 aromatic rings. The Bertz CT molecular complexity index is 839. The Hall–Kier alpha value is -2.70. The lowest BCUT2D eigenvalue weighted by Gasteiger charge is -2.39. The molecule has 7 nitrogen and oxygen atoms in total. The van der Waals surface area contributed by atoms with Crippen molar-refractivity contribution in [3.05, 3.63) is 52.8 Å². The van der Waals surface area contributed by atoms with Crippen molar-refractivity contribution in [1.29, 1.82) is 0 Å². The molecule has 3 heterocycles. The molecule has 7 heteroatoms. The molecule has 2 aromatic heterocycles. The summed E-state index contributed by atoms with van der Waals surface area (Å²) in [5, 5.41) is 0. The van der Waals surface area contributed by atoms with Gasteiger partial charge in [-0.3, -0.25) is 9.59 Å². The normalized spacial score (nSPS) is 18.0. The number of hydrogen-bond donors (Lipinski definition) is 0. The van der Waals surface area contributed by atoms with Crippen molar-refractivity contribution in [1.82, 2.24) is 19.4 Å². The van der Waals surface area contributed by atoms with Gasteiger partial charge in [-0.05, 0) is 43.9 Å². The summed E-state index contributed by atoms with van der Waals surface area (Å²) >= 11 is 0. The number of likely N-dealkylation sites (tertiary alicyclic amines) is 1. The van der Waals surface area contributed by atoms with Crippen LogP contribution in [0.5, 0.6) is 0 Å². The lowest BCUT2D eigenvalue weighted by atomic mass is 10.0. The molecule has 2 aliphatic rings.